The molecule has 0 unspecified atom stereocenters. The number of hydrogen-bond donors (Lipinski definition) is 2. The number of aromatic nitrogens is 2. The number of fused-ring (bicyclic) bond motifs is 1. The second kappa shape index (κ2) is 4.82. The number of carbonyl (C=O) groups is 1. The van der Waals surface area contributed by atoms with Crippen LogP contribution in [0.15, 0.2) is 24.5 Å². The molecule has 0 spiro atoms. The quantitative estimate of drug-likeness (QED) is 0.803. The summed E-state index contributed by atoms with van der Waals surface area (Å²) in [5.41, 5.74) is 1.16. The topological polar surface area (TPSA) is 78.6 Å². The molecule has 1 aromatic heterocycles. The average molecular weight is 289 g/mol. The molecule has 1 aromatic carbocycles. The lowest BCUT2D eigenvalue weighted by Gasteiger charge is -2.39. The number of β-amino-alcohol motifs (C(OH)–C–C–N with tert-alkyl or cyclic N) is 1. The molecule has 1 aliphatic heterocycles. The highest BCUT2D eigenvalue weighted by atomic mass is 16.3. The number of hydrogen-bond acceptors (Lipinski definition) is 4. The summed E-state index contributed by atoms with van der Waals surface area (Å²) in [5.74, 6) is -0.142. The largest absolute Gasteiger partial charge is 0.388 e. The predicted molar refractivity (Wildman–Crippen MR) is 77.9 cm³/mol. The fourth-order valence-corrected chi connectivity index (χ4v) is 2.66. The second-order valence-electron chi connectivity index (χ2n) is 5.93. The lowest BCUT2D eigenvalue weighted by atomic mass is 9.90. The van der Waals surface area contributed by atoms with E-state index in [4.69, 9.17) is 0 Å². The first-order chi connectivity index (χ1) is 9.88. The number of amides is 1. The summed E-state index contributed by atoms with van der Waals surface area (Å²) < 4.78 is 1.89. The van der Waals surface area contributed by atoms with Crippen LogP contribution in [0, 0.1) is 0 Å². The Kier molecular flexibility index (Phi) is 3.22. The predicted octanol–water partition coefficient (Wildman–Crippen LogP) is 0.531. The number of aliphatic hydroxyl groups excluding tert-OH is 1. The maximum Gasteiger partial charge on any atom is 0.254 e. The first-order valence-electron chi connectivity index (χ1n) is 6.99. The van der Waals surface area contributed by atoms with Gasteiger partial charge in [-0.05, 0) is 31.5 Å². The van der Waals surface area contributed by atoms with Crippen molar-refractivity contribution in [3.63, 3.8) is 0 Å². The Balaban J connectivity index is 1.84. The number of benzene rings is 1. The molecule has 1 amide bonds. The molecule has 0 radical (unpaired) electrons. The smallest absolute Gasteiger partial charge is 0.254 e. The summed E-state index contributed by atoms with van der Waals surface area (Å²) >= 11 is 0. The molecule has 1 saturated heterocycles. The van der Waals surface area contributed by atoms with Gasteiger partial charge in [0.1, 0.15) is 0 Å². The molecule has 6 heteroatoms. The minimum atomic E-state index is -1.12. The van der Waals surface area contributed by atoms with E-state index in [1.165, 1.54) is 0 Å². The van der Waals surface area contributed by atoms with Gasteiger partial charge >= 0.3 is 0 Å². The number of carbonyl (C=O) groups excluding carboxylic acids is 1. The van der Waals surface area contributed by atoms with Crippen molar-refractivity contribution in [3.05, 3.63) is 30.1 Å². The summed E-state index contributed by atoms with van der Waals surface area (Å²) in [6.45, 7) is 2.18. The fourth-order valence-electron chi connectivity index (χ4n) is 2.66. The Bertz CT molecular complexity index is 693. The van der Waals surface area contributed by atoms with E-state index < -0.39 is 11.7 Å². The zero-order valence-corrected chi connectivity index (χ0v) is 12.2. The van der Waals surface area contributed by atoms with Crippen LogP contribution in [0.3, 0.4) is 0 Å². The van der Waals surface area contributed by atoms with Crippen LogP contribution in [-0.4, -0.2) is 55.4 Å². The number of rotatable bonds is 1. The van der Waals surface area contributed by atoms with Crippen molar-refractivity contribution in [2.75, 3.05) is 13.1 Å². The molecular formula is C15H19N3O3. The van der Waals surface area contributed by atoms with Gasteiger partial charge in [-0.25, -0.2) is 4.98 Å². The molecule has 1 aliphatic rings. The zero-order valence-electron chi connectivity index (χ0n) is 12.2. The van der Waals surface area contributed by atoms with Crippen LogP contribution in [0.25, 0.3) is 11.0 Å². The van der Waals surface area contributed by atoms with E-state index in [1.54, 1.807) is 30.3 Å². The lowest BCUT2D eigenvalue weighted by Crippen LogP contribution is -2.55. The van der Waals surface area contributed by atoms with E-state index in [9.17, 15) is 15.0 Å². The minimum Gasteiger partial charge on any atom is -0.388 e. The van der Waals surface area contributed by atoms with Gasteiger partial charge in [0.05, 0.1) is 29.1 Å². The highest BCUT2D eigenvalue weighted by molar-refractivity contribution is 5.97. The molecular weight excluding hydrogens is 270 g/mol. The first-order valence-corrected chi connectivity index (χ1v) is 6.99. The zero-order chi connectivity index (χ0) is 15.2. The van der Waals surface area contributed by atoms with Gasteiger partial charge in [-0.1, -0.05) is 0 Å². The summed E-state index contributed by atoms with van der Waals surface area (Å²) in [6, 6.07) is 5.40. The molecule has 0 saturated carbocycles. The highest BCUT2D eigenvalue weighted by Crippen LogP contribution is 2.24. The molecule has 2 atom stereocenters. The van der Waals surface area contributed by atoms with Crippen molar-refractivity contribution in [1.82, 2.24) is 14.5 Å². The third kappa shape index (κ3) is 2.41. The molecule has 2 heterocycles. The third-order valence-corrected chi connectivity index (χ3v) is 4.26. The molecule has 0 aliphatic carbocycles. The van der Waals surface area contributed by atoms with Crippen molar-refractivity contribution in [2.24, 2.45) is 7.05 Å². The number of likely N-dealkylation sites (tertiary alicyclic amines) is 1. The van der Waals surface area contributed by atoms with Crippen molar-refractivity contribution >= 4 is 16.9 Å². The molecule has 1 fully saturated rings. The van der Waals surface area contributed by atoms with Gasteiger partial charge in [0.15, 0.2) is 0 Å². The Labute approximate surface area is 122 Å². The standard InChI is InChI=1S/C15H19N3O3/c1-15(21)5-6-18(8-13(15)19)14(20)10-3-4-12-11(7-10)16-9-17(12)2/h3-4,7,9,13,19,21H,5-6,8H2,1-2H3/t13-,15+/m0/s1. The van der Waals surface area contributed by atoms with Crippen LogP contribution in [0.5, 0.6) is 0 Å². The van der Waals surface area contributed by atoms with Crippen LogP contribution < -0.4 is 0 Å². The average Bonchev–Trinajstić information content (AvgIpc) is 2.82. The van der Waals surface area contributed by atoms with Gasteiger partial charge in [0.2, 0.25) is 0 Å². The Morgan fingerprint density at radius 1 is 1.48 bits per heavy atom. The lowest BCUT2D eigenvalue weighted by molar-refractivity contribution is -0.0999. The number of aryl methyl sites for hydroxylation is 1. The molecule has 21 heavy (non-hydrogen) atoms. The molecule has 3 rings (SSSR count). The van der Waals surface area contributed by atoms with Crippen LogP contribution in [0.4, 0.5) is 0 Å². The maximum atomic E-state index is 12.5. The van der Waals surface area contributed by atoms with Gasteiger partial charge in [0, 0.05) is 25.7 Å². The Morgan fingerprint density at radius 2 is 2.24 bits per heavy atom. The van der Waals surface area contributed by atoms with E-state index >= 15 is 0 Å². The monoisotopic (exact) mass is 289 g/mol. The minimum absolute atomic E-state index is 0.142. The van der Waals surface area contributed by atoms with E-state index in [-0.39, 0.29) is 12.5 Å². The number of piperidine rings is 1. The van der Waals surface area contributed by atoms with Crippen LogP contribution in [0.1, 0.15) is 23.7 Å². The Morgan fingerprint density at radius 3 is 2.95 bits per heavy atom. The molecule has 2 aromatic rings. The van der Waals surface area contributed by atoms with Crippen LogP contribution in [-0.2, 0) is 7.05 Å². The van der Waals surface area contributed by atoms with Gasteiger partial charge in [-0.3, -0.25) is 4.79 Å². The summed E-state index contributed by atoms with van der Waals surface area (Å²) in [5, 5.41) is 19.9. The van der Waals surface area contributed by atoms with Crippen LogP contribution >= 0.6 is 0 Å². The van der Waals surface area contributed by atoms with Gasteiger partial charge in [0.25, 0.3) is 5.91 Å². The van der Waals surface area contributed by atoms with E-state index in [0.717, 1.165) is 11.0 Å². The molecule has 2 N–H and O–H groups in total. The molecule has 6 nitrogen and oxygen atoms in total. The number of imidazole rings is 1. The van der Waals surface area contributed by atoms with Gasteiger partial charge in [-0.2, -0.15) is 0 Å². The van der Waals surface area contributed by atoms with E-state index in [1.807, 2.05) is 17.7 Å². The van der Waals surface area contributed by atoms with E-state index in [2.05, 4.69) is 4.98 Å². The van der Waals surface area contributed by atoms with Crippen molar-refractivity contribution in [3.8, 4) is 0 Å². The molecule has 112 valence electrons. The fraction of sp³-hybridized carbons (Fsp3) is 0.467. The summed E-state index contributed by atoms with van der Waals surface area (Å²) in [7, 11) is 1.90. The highest BCUT2D eigenvalue weighted by Gasteiger charge is 2.38. The van der Waals surface area contributed by atoms with Crippen LogP contribution in [0.2, 0.25) is 0 Å². The third-order valence-electron chi connectivity index (χ3n) is 4.26. The van der Waals surface area contributed by atoms with Crippen molar-refractivity contribution < 1.29 is 15.0 Å². The first kappa shape index (κ1) is 14.0. The van der Waals surface area contributed by atoms with Crippen molar-refractivity contribution in [1.29, 1.82) is 0 Å². The normalized spacial score (nSPS) is 26.3. The van der Waals surface area contributed by atoms with E-state index in [0.29, 0.717) is 18.5 Å². The maximum absolute atomic E-state index is 12.5. The Hall–Kier alpha value is -1.92. The van der Waals surface area contributed by atoms with Gasteiger partial charge < -0.3 is 19.7 Å². The summed E-state index contributed by atoms with van der Waals surface area (Å²) in [6.07, 6.45) is 1.15. The SMILES string of the molecule is Cn1cnc2cc(C(=O)N3CC[C@@](C)(O)[C@@H](O)C3)ccc21. The van der Waals surface area contributed by atoms with Gasteiger partial charge in [-0.15, -0.1) is 0 Å². The van der Waals surface area contributed by atoms with Crippen molar-refractivity contribution in [2.45, 2.75) is 25.0 Å². The summed E-state index contributed by atoms with van der Waals surface area (Å²) in [4.78, 5) is 18.3. The number of nitrogens with zero attached hydrogens (tertiary/aromatic N) is 3. The number of aliphatic hydroxyl groups is 2. The molecule has 0 bridgehead atoms. The second-order valence-corrected chi connectivity index (χ2v) is 5.93.